The van der Waals surface area contributed by atoms with Gasteiger partial charge in [0, 0.05) is 10.9 Å². The molecule has 0 amide bonds. The molecular weight excluding hydrogens is 316 g/mol. The lowest BCUT2D eigenvalue weighted by molar-refractivity contribution is -0.384. The zero-order valence-electron chi connectivity index (χ0n) is 10.5. The van der Waals surface area contributed by atoms with Crippen molar-refractivity contribution in [1.29, 1.82) is 0 Å². The van der Waals surface area contributed by atoms with E-state index in [0.29, 0.717) is 0 Å². The molecule has 2 aromatic rings. The Balaban J connectivity index is 2.29. The minimum Gasteiger partial charge on any atom is -0.272 e. The predicted molar refractivity (Wildman–Crippen MR) is 80.0 cm³/mol. The van der Waals surface area contributed by atoms with E-state index in [4.69, 9.17) is 5.14 Å². The molecule has 1 aromatic heterocycles. The fourth-order valence-electron chi connectivity index (χ4n) is 1.46. The highest BCUT2D eigenvalue weighted by Gasteiger charge is 2.18. The second-order valence-corrected chi connectivity index (χ2v) is 6.41. The first-order chi connectivity index (χ1) is 9.88. The zero-order chi connectivity index (χ0) is 15.5. The minimum absolute atomic E-state index is 0.0696. The van der Waals surface area contributed by atoms with Crippen LogP contribution in [0.5, 0.6) is 0 Å². The Morgan fingerprint density at radius 2 is 2.14 bits per heavy atom. The first-order valence-electron chi connectivity index (χ1n) is 5.52. The molecular formula is C11H10N4O4S2. The number of hydrazone groups is 1. The van der Waals surface area contributed by atoms with Gasteiger partial charge < -0.3 is 0 Å². The molecule has 0 bridgehead atoms. The maximum absolute atomic E-state index is 11.2. The zero-order valence-corrected chi connectivity index (χ0v) is 12.1. The molecule has 0 saturated carbocycles. The number of anilines is 1. The Kier molecular flexibility index (Phi) is 4.31. The molecule has 1 heterocycles. The van der Waals surface area contributed by atoms with Crippen LogP contribution in [0.3, 0.4) is 0 Å². The number of thiophene rings is 1. The van der Waals surface area contributed by atoms with Crippen molar-refractivity contribution in [1.82, 2.24) is 0 Å². The van der Waals surface area contributed by atoms with E-state index in [1.807, 2.05) is 17.5 Å². The van der Waals surface area contributed by atoms with Gasteiger partial charge >= 0.3 is 0 Å². The number of hydrogen-bond acceptors (Lipinski definition) is 7. The summed E-state index contributed by atoms with van der Waals surface area (Å²) in [5.74, 6) is 0. The van der Waals surface area contributed by atoms with Crippen molar-refractivity contribution in [2.45, 2.75) is 4.90 Å². The van der Waals surface area contributed by atoms with E-state index in [2.05, 4.69) is 10.5 Å². The SMILES string of the molecule is NS(=O)(=O)c1ccc(NN=Cc2cccs2)c([N+](=O)[O-])c1. The normalized spacial score (nSPS) is 11.7. The molecule has 110 valence electrons. The van der Waals surface area contributed by atoms with Crippen LogP contribution in [0.25, 0.3) is 0 Å². The summed E-state index contributed by atoms with van der Waals surface area (Å²) in [7, 11) is -4.00. The van der Waals surface area contributed by atoms with E-state index in [1.165, 1.54) is 29.7 Å². The van der Waals surface area contributed by atoms with Crippen molar-refractivity contribution in [3.8, 4) is 0 Å². The third-order valence-corrected chi connectivity index (χ3v) is 4.13. The van der Waals surface area contributed by atoms with Crippen molar-refractivity contribution in [3.63, 3.8) is 0 Å². The maximum atomic E-state index is 11.2. The molecule has 0 saturated heterocycles. The van der Waals surface area contributed by atoms with Gasteiger partial charge in [0.15, 0.2) is 0 Å². The molecule has 0 aliphatic heterocycles. The van der Waals surface area contributed by atoms with Gasteiger partial charge in [-0.05, 0) is 23.6 Å². The highest BCUT2D eigenvalue weighted by Crippen LogP contribution is 2.27. The lowest BCUT2D eigenvalue weighted by Gasteiger charge is -2.04. The van der Waals surface area contributed by atoms with Gasteiger partial charge in [-0.1, -0.05) is 6.07 Å². The van der Waals surface area contributed by atoms with Crippen LogP contribution in [-0.2, 0) is 10.0 Å². The Hall–Kier alpha value is -2.30. The summed E-state index contributed by atoms with van der Waals surface area (Å²) < 4.78 is 22.4. The summed E-state index contributed by atoms with van der Waals surface area (Å²) in [4.78, 5) is 10.8. The Morgan fingerprint density at radius 3 is 2.71 bits per heavy atom. The summed E-state index contributed by atoms with van der Waals surface area (Å²) in [5.41, 5.74) is 2.15. The quantitative estimate of drug-likeness (QED) is 0.491. The number of primary sulfonamides is 1. The maximum Gasteiger partial charge on any atom is 0.295 e. The van der Waals surface area contributed by atoms with E-state index < -0.39 is 20.6 Å². The number of sulfonamides is 1. The molecule has 2 rings (SSSR count). The topological polar surface area (TPSA) is 128 Å². The van der Waals surface area contributed by atoms with E-state index in [0.717, 1.165) is 10.9 Å². The molecule has 8 nitrogen and oxygen atoms in total. The van der Waals surface area contributed by atoms with Gasteiger partial charge in [0.05, 0.1) is 16.0 Å². The Labute approximate surface area is 124 Å². The van der Waals surface area contributed by atoms with Gasteiger partial charge in [0.25, 0.3) is 5.69 Å². The predicted octanol–water partition coefficient (Wildman–Crippen LogP) is 1.75. The highest BCUT2D eigenvalue weighted by molar-refractivity contribution is 7.89. The number of nitrogens with one attached hydrogen (secondary N) is 1. The first kappa shape index (κ1) is 15.1. The number of rotatable bonds is 5. The second-order valence-electron chi connectivity index (χ2n) is 3.87. The van der Waals surface area contributed by atoms with Crippen molar-refractivity contribution >= 4 is 38.9 Å². The average Bonchev–Trinajstić information content (AvgIpc) is 2.90. The number of nitro benzene ring substituents is 1. The second kappa shape index (κ2) is 5.99. The number of nitrogens with zero attached hydrogens (tertiary/aromatic N) is 2. The van der Waals surface area contributed by atoms with Crippen molar-refractivity contribution in [3.05, 3.63) is 50.7 Å². The smallest absolute Gasteiger partial charge is 0.272 e. The summed E-state index contributed by atoms with van der Waals surface area (Å²) in [6, 6.07) is 6.97. The van der Waals surface area contributed by atoms with Gasteiger partial charge in [-0.25, -0.2) is 13.6 Å². The van der Waals surface area contributed by atoms with Gasteiger partial charge in [-0.3, -0.25) is 15.5 Å². The number of nitrogens with two attached hydrogens (primary N) is 1. The van der Waals surface area contributed by atoms with Gasteiger partial charge in [0.2, 0.25) is 10.0 Å². The average molecular weight is 326 g/mol. The minimum atomic E-state index is -4.00. The monoisotopic (exact) mass is 326 g/mol. The van der Waals surface area contributed by atoms with Crippen LogP contribution < -0.4 is 10.6 Å². The number of nitro groups is 1. The highest BCUT2D eigenvalue weighted by atomic mass is 32.2. The summed E-state index contributed by atoms with van der Waals surface area (Å²) in [6.45, 7) is 0. The molecule has 0 aliphatic rings. The van der Waals surface area contributed by atoms with Crippen LogP contribution >= 0.6 is 11.3 Å². The Bertz CT molecular complexity index is 785. The van der Waals surface area contributed by atoms with Crippen molar-refractivity contribution in [2.75, 3.05) is 5.43 Å². The lowest BCUT2D eigenvalue weighted by atomic mass is 10.3. The molecule has 0 unspecified atom stereocenters. The van der Waals surface area contributed by atoms with Crippen LogP contribution in [0.4, 0.5) is 11.4 Å². The third kappa shape index (κ3) is 3.84. The summed E-state index contributed by atoms with van der Waals surface area (Å²) in [6.07, 6.45) is 1.50. The van der Waals surface area contributed by atoms with Gasteiger partial charge in [-0.2, -0.15) is 5.10 Å². The Morgan fingerprint density at radius 1 is 1.38 bits per heavy atom. The first-order valence-corrected chi connectivity index (χ1v) is 7.94. The lowest BCUT2D eigenvalue weighted by Crippen LogP contribution is -2.12. The molecule has 0 fully saturated rings. The van der Waals surface area contributed by atoms with Crippen molar-refractivity contribution in [2.24, 2.45) is 10.2 Å². The molecule has 3 N–H and O–H groups in total. The standard InChI is InChI=1S/C11H10N4O4S2/c12-21(18,19)9-3-4-10(11(6-9)15(16)17)14-13-7-8-2-1-5-20-8/h1-7,14H,(H2,12,18,19). The fraction of sp³-hybridized carbons (Fsp3) is 0. The third-order valence-electron chi connectivity index (χ3n) is 2.41. The van der Waals surface area contributed by atoms with E-state index in [1.54, 1.807) is 0 Å². The van der Waals surface area contributed by atoms with E-state index in [-0.39, 0.29) is 10.6 Å². The molecule has 0 radical (unpaired) electrons. The van der Waals surface area contributed by atoms with Gasteiger partial charge in [-0.15, -0.1) is 11.3 Å². The molecule has 0 spiro atoms. The molecule has 21 heavy (non-hydrogen) atoms. The molecule has 0 atom stereocenters. The van der Waals surface area contributed by atoms with Gasteiger partial charge in [0.1, 0.15) is 5.69 Å². The van der Waals surface area contributed by atoms with E-state index >= 15 is 0 Å². The van der Waals surface area contributed by atoms with Crippen LogP contribution in [0.2, 0.25) is 0 Å². The number of benzene rings is 1. The summed E-state index contributed by atoms with van der Waals surface area (Å²) in [5, 5.41) is 21.6. The van der Waals surface area contributed by atoms with Crippen molar-refractivity contribution < 1.29 is 13.3 Å². The molecule has 1 aromatic carbocycles. The fourth-order valence-corrected chi connectivity index (χ4v) is 2.58. The van der Waals surface area contributed by atoms with Crippen LogP contribution in [-0.4, -0.2) is 19.6 Å². The molecule has 0 aliphatic carbocycles. The van der Waals surface area contributed by atoms with E-state index in [9.17, 15) is 18.5 Å². The molecule has 10 heteroatoms. The van der Waals surface area contributed by atoms with Crippen LogP contribution in [0, 0.1) is 10.1 Å². The largest absolute Gasteiger partial charge is 0.295 e. The number of hydrogen-bond donors (Lipinski definition) is 2. The van der Waals surface area contributed by atoms with Crippen LogP contribution in [0.15, 0.2) is 45.7 Å². The van der Waals surface area contributed by atoms with Crippen LogP contribution in [0.1, 0.15) is 4.88 Å². The summed E-state index contributed by atoms with van der Waals surface area (Å²) >= 11 is 1.46.